The normalized spacial score (nSPS) is 34.6. The third-order valence-corrected chi connectivity index (χ3v) is 17.3. The van der Waals surface area contributed by atoms with Crippen molar-refractivity contribution in [3.05, 3.63) is 24.3 Å². The summed E-state index contributed by atoms with van der Waals surface area (Å²) < 4.78 is 69.8. The van der Waals surface area contributed by atoms with E-state index in [4.69, 9.17) is 46.9 Å². The summed E-state index contributed by atoms with van der Waals surface area (Å²) in [6.45, 7) is -0.0304. The molecule has 3 saturated heterocycles. The zero-order valence-corrected chi connectivity index (χ0v) is 52.6. The molecule has 29 heteroatoms. The topological polar surface area (TPSA) is 447 Å². The number of phosphoric ester groups is 1. The highest BCUT2D eigenvalue weighted by Gasteiger charge is 2.58. The first-order valence-electron chi connectivity index (χ1n) is 32.2. The van der Waals surface area contributed by atoms with Crippen LogP contribution in [0, 0.1) is 0 Å². The van der Waals surface area contributed by atoms with Crippen LogP contribution in [-0.2, 0) is 61.1 Å². The van der Waals surface area contributed by atoms with Crippen LogP contribution in [0.3, 0.4) is 0 Å². The van der Waals surface area contributed by atoms with Gasteiger partial charge in [-0.25, -0.2) is 4.57 Å². The van der Waals surface area contributed by atoms with Crippen LogP contribution in [0.15, 0.2) is 24.3 Å². The molecule has 0 bridgehead atoms. The third kappa shape index (κ3) is 26.8. The van der Waals surface area contributed by atoms with Gasteiger partial charge in [0.05, 0.1) is 26.4 Å². The average molecular weight is 1310 g/mol. The van der Waals surface area contributed by atoms with Crippen LogP contribution < -0.4 is 0 Å². The minimum atomic E-state index is -5.75. The number of hydrogen-bond acceptors (Lipinski definition) is 27. The van der Waals surface area contributed by atoms with Gasteiger partial charge in [-0.1, -0.05) is 147 Å². The monoisotopic (exact) mass is 1310 g/mol. The number of rotatable bonds is 44. The number of esters is 2. The number of phosphoric acid groups is 1. The Labute approximate surface area is 522 Å². The molecule has 4 aliphatic rings. The maximum atomic E-state index is 14.2. The molecule has 4 fully saturated rings. The molecular formula is C60H107O28P. The Morgan fingerprint density at radius 1 is 0.449 bits per heavy atom. The molecule has 0 aromatic heterocycles. The lowest BCUT2D eigenvalue weighted by atomic mass is 9.84. The van der Waals surface area contributed by atoms with E-state index in [1.54, 1.807) is 0 Å². The maximum Gasteiger partial charge on any atom is 0.472 e. The molecule has 3 aliphatic heterocycles. The van der Waals surface area contributed by atoms with Crippen molar-refractivity contribution in [2.24, 2.45) is 0 Å². The highest BCUT2D eigenvalue weighted by atomic mass is 31.2. The minimum absolute atomic E-state index is 0.0176. The molecule has 3 heterocycles. The fourth-order valence-electron chi connectivity index (χ4n) is 10.8. The van der Waals surface area contributed by atoms with Crippen LogP contribution in [0.5, 0.6) is 0 Å². The quantitative estimate of drug-likeness (QED) is 0.0176. The summed E-state index contributed by atoms with van der Waals surface area (Å²) >= 11 is 0. The SMILES string of the molecule is CCC/C=C\C/C=C\CCCCCCCC(=O)O[C@H](COC(=O)CCCCCCCCCCCCCCCC)COP(=O)(O)O[C@@H]1C(O[C@@H]2OC(CO[C@@H]3OC(CO)[C@H](O)C(O)[C@@H]3O)[C@H](O)C(O)[C@@H]2O)C(O)[C@@H](O)C(O)[C@H]1O[C@H]1OC(CO)[C@@H](O)C(O)[C@H]1O. The number of carbonyl (C=O) groups excluding carboxylic acids is 2. The van der Waals surface area contributed by atoms with Crippen LogP contribution in [-0.4, -0.2) is 256 Å². The van der Waals surface area contributed by atoms with Gasteiger partial charge in [0.15, 0.2) is 25.0 Å². The summed E-state index contributed by atoms with van der Waals surface area (Å²) in [5.74, 6) is -1.42. The van der Waals surface area contributed by atoms with Gasteiger partial charge in [-0.15, -0.1) is 0 Å². The molecule has 28 nitrogen and oxygen atoms in total. The van der Waals surface area contributed by atoms with Gasteiger partial charge in [0.1, 0.15) is 116 Å². The van der Waals surface area contributed by atoms with Crippen LogP contribution >= 0.6 is 7.82 Å². The van der Waals surface area contributed by atoms with Crippen molar-refractivity contribution in [3.63, 3.8) is 0 Å². The number of aliphatic hydroxyl groups is 14. The van der Waals surface area contributed by atoms with Crippen molar-refractivity contribution >= 4 is 19.8 Å². The van der Waals surface area contributed by atoms with Gasteiger partial charge in [-0.05, 0) is 38.5 Å². The van der Waals surface area contributed by atoms with E-state index in [2.05, 4.69) is 38.2 Å². The van der Waals surface area contributed by atoms with E-state index in [0.29, 0.717) is 19.3 Å². The van der Waals surface area contributed by atoms with Crippen LogP contribution in [0.1, 0.15) is 174 Å². The molecule has 0 radical (unpaired) electrons. The first kappa shape index (κ1) is 79.2. The molecule has 520 valence electrons. The Balaban J connectivity index is 1.50. The Morgan fingerprint density at radius 3 is 1.36 bits per heavy atom. The molecule has 0 aromatic carbocycles. The lowest BCUT2D eigenvalue weighted by Gasteiger charge is -2.49. The predicted molar refractivity (Wildman–Crippen MR) is 314 cm³/mol. The highest BCUT2D eigenvalue weighted by Crippen LogP contribution is 2.49. The number of carbonyl (C=O) groups is 2. The smallest absolute Gasteiger partial charge is 0.462 e. The molecule has 1 aliphatic carbocycles. The molecule has 4 rings (SSSR count). The standard InChI is InChI=1S/C60H107O28P/c1-3-5-7-9-11-13-15-17-19-20-22-24-26-28-30-41(63)79-34-37(82-42(64)31-29-27-25-23-21-18-16-14-12-10-8-6-4-2)35-81-89(77,78)88-57-55(86-59-53(75)47(69)44(66)39(33-62)84-59)50(72)49(71)51(73)56(57)87-60-54(76)48(70)45(67)40(85-60)36-80-58-52(74)46(68)43(65)38(32-61)83-58/h8,10,14,16,37-40,43-62,65-76H,3-7,9,11-13,15,17-36H2,1-2H3,(H,77,78)/b10-8-,16-14-/t37-,38?,39?,40?,43+,44-,45+,46?,47?,48?,49+,50?,51?,52+,53-,54+,55-,56?,57+,58-,59-,60+/m1/s1. The van der Waals surface area contributed by atoms with Gasteiger partial charge in [0.25, 0.3) is 0 Å². The summed E-state index contributed by atoms with van der Waals surface area (Å²) in [6, 6.07) is 0. The van der Waals surface area contributed by atoms with Gasteiger partial charge in [0, 0.05) is 12.8 Å². The molecule has 10 unspecified atom stereocenters. The second-order valence-electron chi connectivity index (χ2n) is 23.7. The number of allylic oxidation sites excluding steroid dienone is 4. The van der Waals surface area contributed by atoms with Gasteiger partial charge in [-0.2, -0.15) is 0 Å². The molecular weight excluding hydrogens is 1200 g/mol. The lowest BCUT2D eigenvalue weighted by molar-refractivity contribution is -0.364. The predicted octanol–water partition coefficient (Wildman–Crippen LogP) is 1.14. The number of hydrogen-bond donors (Lipinski definition) is 15. The highest BCUT2D eigenvalue weighted by molar-refractivity contribution is 7.47. The Kier molecular flexibility index (Phi) is 38.2. The first-order valence-corrected chi connectivity index (χ1v) is 33.7. The molecule has 89 heavy (non-hydrogen) atoms. The fraction of sp³-hybridized carbons (Fsp3) is 0.900. The zero-order valence-electron chi connectivity index (χ0n) is 51.7. The van der Waals surface area contributed by atoms with E-state index in [1.165, 1.54) is 51.4 Å². The molecule has 0 amide bonds. The fourth-order valence-corrected chi connectivity index (χ4v) is 11.8. The Bertz CT molecular complexity index is 2020. The summed E-state index contributed by atoms with van der Waals surface area (Å²) in [7, 11) is -5.75. The van der Waals surface area contributed by atoms with Crippen LogP contribution in [0.4, 0.5) is 0 Å². The van der Waals surface area contributed by atoms with E-state index >= 15 is 0 Å². The molecule has 15 N–H and O–H groups in total. The molecule has 0 aromatic rings. The first-order chi connectivity index (χ1) is 42.6. The van der Waals surface area contributed by atoms with Crippen molar-refractivity contribution in [1.82, 2.24) is 0 Å². The second-order valence-corrected chi connectivity index (χ2v) is 25.1. The van der Waals surface area contributed by atoms with Gasteiger partial charge >= 0.3 is 19.8 Å². The Morgan fingerprint density at radius 2 is 0.865 bits per heavy atom. The zero-order chi connectivity index (χ0) is 65.5. The van der Waals surface area contributed by atoms with Crippen LogP contribution in [0.25, 0.3) is 0 Å². The van der Waals surface area contributed by atoms with E-state index in [9.17, 15) is 90.5 Å². The van der Waals surface area contributed by atoms with Gasteiger partial charge in [0.2, 0.25) is 0 Å². The van der Waals surface area contributed by atoms with E-state index in [0.717, 1.165) is 77.0 Å². The van der Waals surface area contributed by atoms with Crippen molar-refractivity contribution in [1.29, 1.82) is 0 Å². The summed E-state index contributed by atoms with van der Waals surface area (Å²) in [5, 5.41) is 150. The van der Waals surface area contributed by atoms with Crippen molar-refractivity contribution in [2.45, 2.75) is 309 Å². The molecule has 1 saturated carbocycles. The van der Waals surface area contributed by atoms with Crippen molar-refractivity contribution in [3.8, 4) is 0 Å². The second kappa shape index (κ2) is 42.9. The van der Waals surface area contributed by atoms with E-state index in [-0.39, 0.29) is 12.8 Å². The van der Waals surface area contributed by atoms with E-state index < -0.39 is 188 Å². The van der Waals surface area contributed by atoms with E-state index in [1.807, 2.05) is 0 Å². The average Bonchev–Trinajstić information content (AvgIpc) is 0.977. The summed E-state index contributed by atoms with van der Waals surface area (Å²) in [4.78, 5) is 37.9. The van der Waals surface area contributed by atoms with Crippen LogP contribution in [0.2, 0.25) is 0 Å². The van der Waals surface area contributed by atoms with Crippen molar-refractivity contribution in [2.75, 3.05) is 33.0 Å². The van der Waals surface area contributed by atoms with Gasteiger partial charge in [-0.3, -0.25) is 18.6 Å². The minimum Gasteiger partial charge on any atom is -0.462 e. The van der Waals surface area contributed by atoms with Crippen molar-refractivity contribution < 1.29 is 137 Å². The number of unbranched alkanes of at least 4 members (excludes halogenated alkanes) is 19. The Hall–Kier alpha value is -2.27. The number of ether oxygens (including phenoxy) is 8. The summed E-state index contributed by atoms with van der Waals surface area (Å²) in [5.41, 5.74) is 0. The third-order valence-electron chi connectivity index (χ3n) is 16.3. The number of aliphatic hydroxyl groups excluding tert-OH is 14. The lowest BCUT2D eigenvalue weighted by Crippen LogP contribution is -2.69. The molecule has 23 atom stereocenters. The van der Waals surface area contributed by atoms with Gasteiger partial charge < -0.3 is 114 Å². The maximum absolute atomic E-state index is 14.2. The largest absolute Gasteiger partial charge is 0.472 e. The molecule has 0 spiro atoms. The summed E-state index contributed by atoms with van der Waals surface area (Å²) in [6.07, 6.45) is -13.9.